The van der Waals surface area contributed by atoms with Gasteiger partial charge in [-0.3, -0.25) is 4.90 Å². The first-order valence-corrected chi connectivity index (χ1v) is 4.63. The molecule has 0 amide bonds. The molecule has 2 heteroatoms. The van der Waals surface area contributed by atoms with Gasteiger partial charge in [-0.25, -0.2) is 0 Å². The highest BCUT2D eigenvalue weighted by atomic mass is 16.1. The lowest BCUT2D eigenvalue weighted by molar-refractivity contribution is -0.109. The first-order valence-electron chi connectivity index (χ1n) is 4.63. The molecular weight excluding hydrogens is 162 g/mol. The number of carbonyl (C=O) groups excluding carboxylic acids is 1. The molecule has 1 aromatic rings. The highest BCUT2D eigenvalue weighted by molar-refractivity contribution is 5.52. The standard InChI is InChI=1S/C11H13NO/c13-8-7-12-6-5-10-3-1-2-4-11(10)9-12/h1-4,8H,5-7,9H2. The minimum Gasteiger partial charge on any atom is -0.302 e. The SMILES string of the molecule is O=CCN1CCc2ccccc2C1. The number of hydrogen-bond acceptors (Lipinski definition) is 2. The van der Waals surface area contributed by atoms with Crippen LogP contribution in [0, 0.1) is 0 Å². The molecule has 0 aromatic heterocycles. The summed E-state index contributed by atoms with van der Waals surface area (Å²) in [6.45, 7) is 2.50. The Morgan fingerprint density at radius 2 is 2.08 bits per heavy atom. The van der Waals surface area contributed by atoms with E-state index in [-0.39, 0.29) is 0 Å². The van der Waals surface area contributed by atoms with E-state index in [1.165, 1.54) is 11.1 Å². The summed E-state index contributed by atoms with van der Waals surface area (Å²) in [5, 5.41) is 0. The molecule has 0 spiro atoms. The van der Waals surface area contributed by atoms with Crippen molar-refractivity contribution in [3.05, 3.63) is 35.4 Å². The summed E-state index contributed by atoms with van der Waals surface area (Å²) in [5.74, 6) is 0. The Labute approximate surface area is 78.2 Å². The van der Waals surface area contributed by atoms with E-state index in [9.17, 15) is 4.79 Å². The Balaban J connectivity index is 2.15. The molecule has 0 radical (unpaired) electrons. The lowest BCUT2D eigenvalue weighted by Crippen LogP contribution is -2.31. The molecule has 0 saturated heterocycles. The quantitative estimate of drug-likeness (QED) is 0.630. The molecule has 68 valence electrons. The summed E-state index contributed by atoms with van der Waals surface area (Å²) in [6.07, 6.45) is 2.05. The molecule has 0 fully saturated rings. The minimum absolute atomic E-state index is 0.564. The van der Waals surface area contributed by atoms with Crippen LogP contribution in [-0.4, -0.2) is 24.3 Å². The zero-order valence-corrected chi connectivity index (χ0v) is 7.57. The maximum Gasteiger partial charge on any atom is 0.133 e. The Morgan fingerprint density at radius 3 is 2.85 bits per heavy atom. The highest BCUT2D eigenvalue weighted by Gasteiger charge is 2.14. The summed E-state index contributed by atoms with van der Waals surface area (Å²) >= 11 is 0. The van der Waals surface area contributed by atoms with Crippen molar-refractivity contribution in [1.82, 2.24) is 4.90 Å². The third-order valence-corrected chi connectivity index (χ3v) is 2.54. The molecule has 0 bridgehead atoms. The smallest absolute Gasteiger partial charge is 0.133 e. The summed E-state index contributed by atoms with van der Waals surface area (Å²) < 4.78 is 0. The van der Waals surface area contributed by atoms with Gasteiger partial charge in [0, 0.05) is 13.1 Å². The van der Waals surface area contributed by atoms with Crippen LogP contribution in [-0.2, 0) is 17.8 Å². The van der Waals surface area contributed by atoms with Gasteiger partial charge in [0.05, 0.1) is 6.54 Å². The van der Waals surface area contributed by atoms with Crippen LogP contribution in [0.2, 0.25) is 0 Å². The molecule has 1 aliphatic heterocycles. The van der Waals surface area contributed by atoms with E-state index in [4.69, 9.17) is 0 Å². The third kappa shape index (κ3) is 1.78. The Bertz CT molecular complexity index is 309. The predicted molar refractivity (Wildman–Crippen MR) is 51.5 cm³/mol. The van der Waals surface area contributed by atoms with Crippen LogP contribution < -0.4 is 0 Å². The van der Waals surface area contributed by atoms with Crippen molar-refractivity contribution in [3.63, 3.8) is 0 Å². The van der Waals surface area contributed by atoms with Crippen LogP contribution in [0.15, 0.2) is 24.3 Å². The summed E-state index contributed by atoms with van der Waals surface area (Å²) in [5.41, 5.74) is 2.81. The maximum atomic E-state index is 10.3. The van der Waals surface area contributed by atoms with E-state index in [2.05, 4.69) is 29.2 Å². The number of aldehydes is 1. The van der Waals surface area contributed by atoms with E-state index < -0.39 is 0 Å². The molecule has 0 N–H and O–H groups in total. The summed E-state index contributed by atoms with van der Waals surface area (Å²) in [7, 11) is 0. The number of hydrogen-bond donors (Lipinski definition) is 0. The zero-order chi connectivity index (χ0) is 9.10. The van der Waals surface area contributed by atoms with Crippen molar-refractivity contribution >= 4 is 6.29 Å². The molecular formula is C11H13NO. The summed E-state index contributed by atoms with van der Waals surface area (Å²) in [4.78, 5) is 12.5. The molecule has 1 heterocycles. The van der Waals surface area contributed by atoms with Gasteiger partial charge in [-0.2, -0.15) is 0 Å². The second-order valence-electron chi connectivity index (χ2n) is 3.42. The Kier molecular flexibility index (Phi) is 2.41. The first kappa shape index (κ1) is 8.45. The lowest BCUT2D eigenvalue weighted by Gasteiger charge is -2.26. The van der Waals surface area contributed by atoms with Crippen LogP contribution in [0.5, 0.6) is 0 Å². The monoisotopic (exact) mass is 175 g/mol. The van der Waals surface area contributed by atoms with Gasteiger partial charge >= 0.3 is 0 Å². The van der Waals surface area contributed by atoms with Gasteiger partial charge in [-0.15, -0.1) is 0 Å². The van der Waals surface area contributed by atoms with E-state index in [0.717, 1.165) is 25.8 Å². The Hall–Kier alpha value is -1.15. The van der Waals surface area contributed by atoms with Gasteiger partial charge < -0.3 is 4.79 Å². The zero-order valence-electron chi connectivity index (χ0n) is 7.57. The van der Waals surface area contributed by atoms with Gasteiger partial charge in [-0.1, -0.05) is 24.3 Å². The van der Waals surface area contributed by atoms with E-state index >= 15 is 0 Å². The van der Waals surface area contributed by atoms with Crippen LogP contribution in [0.4, 0.5) is 0 Å². The molecule has 0 atom stereocenters. The number of benzene rings is 1. The third-order valence-electron chi connectivity index (χ3n) is 2.54. The number of nitrogens with zero attached hydrogens (tertiary/aromatic N) is 1. The van der Waals surface area contributed by atoms with Crippen molar-refractivity contribution < 1.29 is 4.79 Å². The van der Waals surface area contributed by atoms with Crippen LogP contribution >= 0.6 is 0 Å². The molecule has 1 aliphatic rings. The van der Waals surface area contributed by atoms with Gasteiger partial charge in [0.1, 0.15) is 6.29 Å². The van der Waals surface area contributed by atoms with Crippen molar-refractivity contribution in [3.8, 4) is 0 Å². The largest absolute Gasteiger partial charge is 0.302 e. The molecule has 13 heavy (non-hydrogen) atoms. The van der Waals surface area contributed by atoms with Crippen LogP contribution in [0.25, 0.3) is 0 Å². The minimum atomic E-state index is 0.564. The molecule has 0 saturated carbocycles. The molecule has 0 unspecified atom stereocenters. The normalized spacial score (nSPS) is 16.6. The summed E-state index contributed by atoms with van der Waals surface area (Å²) in [6, 6.07) is 8.46. The van der Waals surface area contributed by atoms with Crippen molar-refractivity contribution in [1.29, 1.82) is 0 Å². The average molecular weight is 175 g/mol. The Morgan fingerprint density at radius 1 is 1.31 bits per heavy atom. The fourth-order valence-corrected chi connectivity index (χ4v) is 1.82. The molecule has 2 rings (SSSR count). The molecule has 1 aromatic carbocycles. The highest BCUT2D eigenvalue weighted by Crippen LogP contribution is 2.17. The maximum absolute atomic E-state index is 10.3. The second kappa shape index (κ2) is 3.71. The van der Waals surface area contributed by atoms with Crippen molar-refractivity contribution in [2.24, 2.45) is 0 Å². The van der Waals surface area contributed by atoms with Gasteiger partial charge in [0.15, 0.2) is 0 Å². The number of carbonyl (C=O) groups is 1. The topological polar surface area (TPSA) is 20.3 Å². The van der Waals surface area contributed by atoms with E-state index in [0.29, 0.717) is 6.54 Å². The molecule has 0 aliphatic carbocycles. The lowest BCUT2D eigenvalue weighted by atomic mass is 10.0. The van der Waals surface area contributed by atoms with Gasteiger partial charge in [-0.05, 0) is 17.5 Å². The van der Waals surface area contributed by atoms with E-state index in [1.54, 1.807) is 0 Å². The predicted octanol–water partition coefficient (Wildman–Crippen LogP) is 1.24. The fourth-order valence-electron chi connectivity index (χ4n) is 1.82. The van der Waals surface area contributed by atoms with Crippen molar-refractivity contribution in [2.75, 3.05) is 13.1 Å². The van der Waals surface area contributed by atoms with Crippen LogP contribution in [0.3, 0.4) is 0 Å². The number of rotatable bonds is 2. The fraction of sp³-hybridized carbons (Fsp3) is 0.364. The first-order chi connectivity index (χ1) is 6.40. The van der Waals surface area contributed by atoms with E-state index in [1.807, 2.05) is 0 Å². The van der Waals surface area contributed by atoms with Crippen molar-refractivity contribution in [2.45, 2.75) is 13.0 Å². The number of fused-ring (bicyclic) bond motifs is 1. The second-order valence-corrected chi connectivity index (χ2v) is 3.42. The molecule has 2 nitrogen and oxygen atoms in total. The average Bonchev–Trinajstić information content (AvgIpc) is 2.18. The van der Waals surface area contributed by atoms with Gasteiger partial charge in [0.25, 0.3) is 0 Å². The van der Waals surface area contributed by atoms with Gasteiger partial charge in [0.2, 0.25) is 0 Å². The van der Waals surface area contributed by atoms with Crippen LogP contribution in [0.1, 0.15) is 11.1 Å².